The summed E-state index contributed by atoms with van der Waals surface area (Å²) in [6.07, 6.45) is 9.28. The number of hydrogen-bond acceptors (Lipinski definition) is 5. The lowest BCUT2D eigenvalue weighted by Crippen LogP contribution is -2.40. The summed E-state index contributed by atoms with van der Waals surface area (Å²) in [6, 6.07) is 0.443. The van der Waals surface area contributed by atoms with Gasteiger partial charge in [0.25, 0.3) is 0 Å². The van der Waals surface area contributed by atoms with Crippen LogP contribution in [-0.4, -0.2) is 52.0 Å². The van der Waals surface area contributed by atoms with Crippen molar-refractivity contribution in [2.45, 2.75) is 32.2 Å². The summed E-state index contributed by atoms with van der Waals surface area (Å²) in [5.74, 6) is 1.77. The van der Waals surface area contributed by atoms with Crippen molar-refractivity contribution in [3.8, 4) is 0 Å². The minimum atomic E-state index is 0.443. The van der Waals surface area contributed by atoms with Gasteiger partial charge in [0.05, 0.1) is 6.20 Å². The highest BCUT2D eigenvalue weighted by Gasteiger charge is 2.19. The third-order valence-corrected chi connectivity index (χ3v) is 3.90. The smallest absolute Gasteiger partial charge is 0.180 e. The van der Waals surface area contributed by atoms with Crippen molar-refractivity contribution >= 4 is 17.3 Å². The van der Waals surface area contributed by atoms with Crippen LogP contribution in [0.1, 0.15) is 26.2 Å². The fraction of sp³-hybridized carbons (Fsp3) is 0.600. The van der Waals surface area contributed by atoms with E-state index in [2.05, 4.69) is 34.5 Å². The Morgan fingerprint density at radius 3 is 3.14 bits per heavy atom. The molecule has 0 amide bonds. The van der Waals surface area contributed by atoms with Gasteiger partial charge in [0, 0.05) is 31.5 Å². The Morgan fingerprint density at radius 2 is 2.33 bits per heavy atom. The molecule has 21 heavy (non-hydrogen) atoms. The molecule has 1 aliphatic rings. The van der Waals surface area contributed by atoms with Crippen molar-refractivity contribution in [2.75, 3.05) is 37.3 Å². The summed E-state index contributed by atoms with van der Waals surface area (Å²) in [7, 11) is 2.17. The van der Waals surface area contributed by atoms with E-state index in [9.17, 15) is 0 Å². The number of likely N-dealkylation sites (tertiary alicyclic amines) is 1. The lowest BCUT2D eigenvalue weighted by atomic mass is 10.1. The molecule has 0 saturated carbocycles. The lowest BCUT2D eigenvalue weighted by molar-refractivity contribution is 0.261. The first-order valence-electron chi connectivity index (χ1n) is 7.79. The van der Waals surface area contributed by atoms with Crippen LogP contribution in [-0.2, 0) is 0 Å². The zero-order chi connectivity index (χ0) is 14.7. The molecule has 2 aromatic heterocycles. The summed E-state index contributed by atoms with van der Waals surface area (Å²) in [5, 5.41) is 6.93. The van der Waals surface area contributed by atoms with Crippen LogP contribution in [0, 0.1) is 0 Å². The van der Waals surface area contributed by atoms with E-state index in [1.54, 1.807) is 0 Å². The normalized spacial score (nSPS) is 19.8. The number of nitrogens with one attached hydrogen (secondary N) is 2. The van der Waals surface area contributed by atoms with Crippen LogP contribution in [0.3, 0.4) is 0 Å². The van der Waals surface area contributed by atoms with Gasteiger partial charge in [-0.1, -0.05) is 6.92 Å². The molecule has 0 aliphatic carbocycles. The molecule has 114 valence electrons. The van der Waals surface area contributed by atoms with E-state index in [-0.39, 0.29) is 0 Å². The van der Waals surface area contributed by atoms with Gasteiger partial charge in [-0.2, -0.15) is 0 Å². The molecule has 1 fully saturated rings. The maximum atomic E-state index is 4.71. The number of hydrogen-bond donors (Lipinski definition) is 2. The molecule has 3 heterocycles. The van der Waals surface area contributed by atoms with Crippen LogP contribution in [0.15, 0.2) is 18.6 Å². The van der Waals surface area contributed by atoms with Gasteiger partial charge in [-0.15, -0.1) is 0 Å². The number of fused-ring (bicyclic) bond motifs is 1. The minimum absolute atomic E-state index is 0.443. The van der Waals surface area contributed by atoms with Crippen LogP contribution in [0.4, 0.5) is 11.6 Å². The molecular formula is C15H24N6. The number of anilines is 2. The fourth-order valence-electron chi connectivity index (χ4n) is 2.84. The van der Waals surface area contributed by atoms with Gasteiger partial charge >= 0.3 is 0 Å². The predicted molar refractivity (Wildman–Crippen MR) is 85.9 cm³/mol. The van der Waals surface area contributed by atoms with E-state index in [0.29, 0.717) is 6.04 Å². The first-order valence-corrected chi connectivity index (χ1v) is 7.79. The number of nitrogens with zero attached hydrogens (tertiary/aromatic N) is 4. The van der Waals surface area contributed by atoms with Gasteiger partial charge in [0.1, 0.15) is 5.82 Å². The average molecular weight is 288 g/mol. The monoisotopic (exact) mass is 288 g/mol. The third kappa shape index (κ3) is 3.26. The van der Waals surface area contributed by atoms with E-state index in [1.165, 1.54) is 19.4 Å². The number of imidazole rings is 1. The second-order valence-electron chi connectivity index (χ2n) is 5.81. The van der Waals surface area contributed by atoms with E-state index in [0.717, 1.165) is 36.8 Å². The number of aromatic nitrogens is 3. The topological polar surface area (TPSA) is 57.5 Å². The summed E-state index contributed by atoms with van der Waals surface area (Å²) in [5.41, 5.74) is 0.894. The fourth-order valence-corrected chi connectivity index (χ4v) is 2.84. The van der Waals surface area contributed by atoms with Gasteiger partial charge in [-0.05, 0) is 32.9 Å². The molecule has 2 aromatic rings. The van der Waals surface area contributed by atoms with Gasteiger partial charge in [0.2, 0.25) is 0 Å². The van der Waals surface area contributed by atoms with Crippen LogP contribution < -0.4 is 10.6 Å². The molecule has 2 N–H and O–H groups in total. The highest BCUT2D eigenvalue weighted by molar-refractivity contribution is 5.65. The molecule has 1 unspecified atom stereocenters. The van der Waals surface area contributed by atoms with Crippen LogP contribution in [0.2, 0.25) is 0 Å². The van der Waals surface area contributed by atoms with Crippen molar-refractivity contribution < 1.29 is 0 Å². The molecular weight excluding hydrogens is 264 g/mol. The highest BCUT2D eigenvalue weighted by Crippen LogP contribution is 2.20. The maximum Gasteiger partial charge on any atom is 0.180 e. The Balaban J connectivity index is 1.83. The Hall–Kier alpha value is -1.82. The molecule has 0 spiro atoms. The minimum Gasteiger partial charge on any atom is -0.369 e. The van der Waals surface area contributed by atoms with E-state index >= 15 is 0 Å². The standard InChI is InChI=1S/C15H24N6/c1-3-6-16-13-11-21-9-7-17-15(21)14(19-13)18-12-5-4-8-20(2)10-12/h7,9,11-12,16H,3-6,8,10H2,1-2H3,(H,18,19). The molecule has 0 radical (unpaired) electrons. The van der Waals surface area contributed by atoms with E-state index in [4.69, 9.17) is 4.98 Å². The van der Waals surface area contributed by atoms with Crippen molar-refractivity contribution in [1.82, 2.24) is 19.3 Å². The molecule has 6 nitrogen and oxygen atoms in total. The van der Waals surface area contributed by atoms with Crippen LogP contribution >= 0.6 is 0 Å². The van der Waals surface area contributed by atoms with Gasteiger partial charge in [-0.25, -0.2) is 9.97 Å². The Kier molecular flexibility index (Phi) is 4.24. The first kappa shape index (κ1) is 14.1. The zero-order valence-electron chi connectivity index (χ0n) is 12.8. The van der Waals surface area contributed by atoms with E-state index in [1.807, 2.05) is 23.0 Å². The lowest BCUT2D eigenvalue weighted by Gasteiger charge is -2.30. The second kappa shape index (κ2) is 6.30. The molecule has 1 aliphatic heterocycles. The van der Waals surface area contributed by atoms with Crippen molar-refractivity contribution in [3.05, 3.63) is 18.6 Å². The second-order valence-corrected chi connectivity index (χ2v) is 5.81. The van der Waals surface area contributed by atoms with Crippen LogP contribution in [0.25, 0.3) is 5.65 Å². The zero-order valence-corrected chi connectivity index (χ0v) is 12.8. The Morgan fingerprint density at radius 1 is 1.43 bits per heavy atom. The molecule has 1 saturated heterocycles. The van der Waals surface area contributed by atoms with Crippen molar-refractivity contribution in [3.63, 3.8) is 0 Å². The number of rotatable bonds is 5. The summed E-state index contributed by atoms with van der Waals surface area (Å²) < 4.78 is 2.03. The largest absolute Gasteiger partial charge is 0.369 e. The summed E-state index contributed by atoms with van der Waals surface area (Å²) in [4.78, 5) is 11.5. The number of piperidine rings is 1. The Bertz CT molecular complexity index is 593. The highest BCUT2D eigenvalue weighted by atomic mass is 15.2. The molecule has 3 rings (SSSR count). The molecule has 0 bridgehead atoms. The SMILES string of the molecule is CCCNc1cn2ccnc2c(NC2CCCN(C)C2)n1. The summed E-state index contributed by atoms with van der Waals surface area (Å²) in [6.45, 7) is 5.32. The maximum absolute atomic E-state index is 4.71. The molecule has 1 atom stereocenters. The molecule has 6 heteroatoms. The Labute approximate surface area is 125 Å². The third-order valence-electron chi connectivity index (χ3n) is 3.90. The molecule has 0 aromatic carbocycles. The van der Waals surface area contributed by atoms with Crippen molar-refractivity contribution in [1.29, 1.82) is 0 Å². The average Bonchev–Trinajstić information content (AvgIpc) is 2.94. The van der Waals surface area contributed by atoms with E-state index < -0.39 is 0 Å². The van der Waals surface area contributed by atoms with Gasteiger partial charge in [0.15, 0.2) is 11.5 Å². The van der Waals surface area contributed by atoms with Crippen molar-refractivity contribution in [2.24, 2.45) is 0 Å². The van der Waals surface area contributed by atoms with Gasteiger partial charge in [-0.3, -0.25) is 0 Å². The quantitative estimate of drug-likeness (QED) is 0.882. The van der Waals surface area contributed by atoms with Crippen LogP contribution in [0.5, 0.6) is 0 Å². The first-order chi connectivity index (χ1) is 10.3. The predicted octanol–water partition coefficient (Wildman–Crippen LogP) is 2.06. The summed E-state index contributed by atoms with van der Waals surface area (Å²) >= 11 is 0. The van der Waals surface area contributed by atoms with Gasteiger partial charge < -0.3 is 19.9 Å². The number of likely N-dealkylation sites (N-methyl/N-ethyl adjacent to an activating group) is 1.